The SMILES string of the molecule is CC(=O)CN(CCN(CCN(CC(C)=O)CC(C)=O)C(C)(C)C(O)O)CC(C)=O. The quantitative estimate of drug-likeness (QED) is 0.317. The fourth-order valence-corrected chi connectivity index (χ4v) is 3.06. The molecule has 0 aliphatic rings. The highest BCUT2D eigenvalue weighted by Gasteiger charge is 2.33. The minimum Gasteiger partial charge on any atom is -0.367 e. The highest BCUT2D eigenvalue weighted by molar-refractivity contribution is 5.81. The fraction of sp³-hybridized carbons (Fsp3) is 0.800. The molecule has 2 N–H and O–H groups in total. The van der Waals surface area contributed by atoms with Gasteiger partial charge >= 0.3 is 0 Å². The van der Waals surface area contributed by atoms with E-state index in [9.17, 15) is 29.4 Å². The van der Waals surface area contributed by atoms with Crippen LogP contribution in [-0.2, 0) is 19.2 Å². The Kier molecular flexibility index (Phi) is 12.2. The van der Waals surface area contributed by atoms with Gasteiger partial charge in [-0.3, -0.25) is 33.9 Å². The van der Waals surface area contributed by atoms with E-state index in [1.807, 2.05) is 4.90 Å². The summed E-state index contributed by atoms with van der Waals surface area (Å²) in [6.45, 7) is 11.2. The monoisotopic (exact) mass is 415 g/mol. The van der Waals surface area contributed by atoms with E-state index in [-0.39, 0.29) is 49.3 Å². The zero-order valence-electron chi connectivity index (χ0n) is 18.6. The second-order valence-corrected chi connectivity index (χ2v) is 8.24. The Hall–Kier alpha value is -1.52. The molecule has 0 rings (SSSR count). The van der Waals surface area contributed by atoms with E-state index in [1.165, 1.54) is 27.7 Å². The molecule has 0 aromatic carbocycles. The third-order valence-electron chi connectivity index (χ3n) is 4.60. The number of hydrogen-bond acceptors (Lipinski definition) is 9. The summed E-state index contributed by atoms with van der Waals surface area (Å²) in [7, 11) is 0. The number of ketones is 4. The van der Waals surface area contributed by atoms with E-state index in [1.54, 1.807) is 23.6 Å². The predicted octanol–water partition coefficient (Wildman–Crippen LogP) is -0.662. The Bertz CT molecular complexity index is 505. The maximum atomic E-state index is 11.5. The molecule has 0 fully saturated rings. The molecule has 0 saturated heterocycles. The van der Waals surface area contributed by atoms with Gasteiger partial charge in [0.1, 0.15) is 23.1 Å². The van der Waals surface area contributed by atoms with Gasteiger partial charge in [0.15, 0.2) is 6.29 Å². The van der Waals surface area contributed by atoms with Crippen molar-refractivity contribution in [1.82, 2.24) is 14.7 Å². The summed E-state index contributed by atoms with van der Waals surface area (Å²) in [5.74, 6) is -0.247. The summed E-state index contributed by atoms with van der Waals surface area (Å²) >= 11 is 0. The van der Waals surface area contributed by atoms with Gasteiger partial charge in [-0.2, -0.15) is 0 Å². The van der Waals surface area contributed by atoms with Crippen LogP contribution in [0.15, 0.2) is 0 Å². The Labute approximate surface area is 173 Å². The van der Waals surface area contributed by atoms with Gasteiger partial charge < -0.3 is 10.2 Å². The van der Waals surface area contributed by atoms with E-state index >= 15 is 0 Å². The summed E-state index contributed by atoms with van der Waals surface area (Å²) in [6.07, 6.45) is -1.62. The smallest absolute Gasteiger partial charge is 0.169 e. The second kappa shape index (κ2) is 12.9. The van der Waals surface area contributed by atoms with Crippen molar-refractivity contribution in [3.8, 4) is 0 Å². The third-order valence-corrected chi connectivity index (χ3v) is 4.60. The Morgan fingerprint density at radius 2 is 0.931 bits per heavy atom. The van der Waals surface area contributed by atoms with Gasteiger partial charge in [0, 0.05) is 26.2 Å². The minimum atomic E-state index is -1.62. The third kappa shape index (κ3) is 11.9. The lowest BCUT2D eigenvalue weighted by Gasteiger charge is -2.41. The van der Waals surface area contributed by atoms with E-state index in [2.05, 4.69) is 0 Å². The van der Waals surface area contributed by atoms with Crippen LogP contribution in [0.25, 0.3) is 0 Å². The summed E-state index contributed by atoms with van der Waals surface area (Å²) in [5.41, 5.74) is -1.00. The lowest BCUT2D eigenvalue weighted by atomic mass is 10.0. The molecule has 0 unspecified atom stereocenters. The van der Waals surface area contributed by atoms with Gasteiger partial charge in [0.05, 0.1) is 31.7 Å². The maximum absolute atomic E-state index is 11.5. The van der Waals surface area contributed by atoms with Crippen molar-refractivity contribution in [2.75, 3.05) is 52.4 Å². The van der Waals surface area contributed by atoms with Crippen molar-refractivity contribution in [2.45, 2.75) is 53.4 Å². The molecule has 0 atom stereocenters. The van der Waals surface area contributed by atoms with Crippen LogP contribution < -0.4 is 0 Å². The van der Waals surface area contributed by atoms with Gasteiger partial charge in [0.2, 0.25) is 0 Å². The van der Waals surface area contributed by atoms with Crippen molar-refractivity contribution >= 4 is 23.1 Å². The van der Waals surface area contributed by atoms with Gasteiger partial charge in [-0.15, -0.1) is 0 Å². The lowest BCUT2D eigenvalue weighted by molar-refractivity contribution is -0.142. The highest BCUT2D eigenvalue weighted by Crippen LogP contribution is 2.18. The first kappa shape index (κ1) is 27.5. The topological polar surface area (TPSA) is 118 Å². The lowest BCUT2D eigenvalue weighted by Crippen LogP contribution is -2.56. The number of carbonyl (C=O) groups excluding carboxylic acids is 4. The van der Waals surface area contributed by atoms with E-state index < -0.39 is 11.8 Å². The summed E-state index contributed by atoms with van der Waals surface area (Å²) in [6, 6.07) is 0. The van der Waals surface area contributed by atoms with E-state index in [0.29, 0.717) is 26.2 Å². The molecule has 0 aromatic rings. The van der Waals surface area contributed by atoms with Crippen LogP contribution >= 0.6 is 0 Å². The number of carbonyl (C=O) groups is 4. The Balaban J connectivity index is 5.27. The van der Waals surface area contributed by atoms with Crippen LogP contribution in [0, 0.1) is 0 Å². The molecule has 0 amide bonds. The molecular formula is C20H37N3O6. The van der Waals surface area contributed by atoms with Crippen LogP contribution in [-0.4, -0.2) is 112 Å². The van der Waals surface area contributed by atoms with Crippen molar-refractivity contribution in [3.63, 3.8) is 0 Å². The zero-order chi connectivity index (χ0) is 22.8. The number of rotatable bonds is 16. The van der Waals surface area contributed by atoms with Crippen LogP contribution in [0.5, 0.6) is 0 Å². The molecule has 29 heavy (non-hydrogen) atoms. The molecule has 0 aromatic heterocycles. The molecule has 168 valence electrons. The first-order chi connectivity index (χ1) is 13.2. The van der Waals surface area contributed by atoms with Gasteiger partial charge in [-0.05, 0) is 41.5 Å². The van der Waals surface area contributed by atoms with Crippen LogP contribution in [0.2, 0.25) is 0 Å². The van der Waals surface area contributed by atoms with Gasteiger partial charge in [-0.1, -0.05) is 0 Å². The predicted molar refractivity (Wildman–Crippen MR) is 109 cm³/mol. The van der Waals surface area contributed by atoms with Crippen molar-refractivity contribution < 1.29 is 29.4 Å². The average molecular weight is 416 g/mol. The zero-order valence-corrected chi connectivity index (χ0v) is 18.6. The summed E-state index contributed by atoms with van der Waals surface area (Å²) in [4.78, 5) is 51.2. The van der Waals surface area contributed by atoms with Crippen molar-refractivity contribution in [3.05, 3.63) is 0 Å². The summed E-state index contributed by atoms with van der Waals surface area (Å²) in [5, 5.41) is 19.7. The van der Waals surface area contributed by atoms with Gasteiger partial charge in [-0.25, -0.2) is 0 Å². The van der Waals surface area contributed by atoms with Crippen LogP contribution in [0.1, 0.15) is 41.5 Å². The van der Waals surface area contributed by atoms with E-state index in [0.717, 1.165) is 0 Å². The van der Waals surface area contributed by atoms with Crippen molar-refractivity contribution in [1.29, 1.82) is 0 Å². The first-order valence-electron chi connectivity index (χ1n) is 9.79. The number of Topliss-reactive ketones (excluding diaryl/α,β-unsaturated/α-hetero) is 4. The Morgan fingerprint density at radius 3 is 1.14 bits per heavy atom. The summed E-state index contributed by atoms with van der Waals surface area (Å²) < 4.78 is 0. The first-order valence-corrected chi connectivity index (χ1v) is 9.79. The normalized spacial score (nSPS) is 12.3. The largest absolute Gasteiger partial charge is 0.367 e. The molecule has 0 aliphatic carbocycles. The van der Waals surface area contributed by atoms with Gasteiger partial charge in [0.25, 0.3) is 0 Å². The number of aliphatic hydroxyl groups is 2. The molecular weight excluding hydrogens is 378 g/mol. The highest BCUT2D eigenvalue weighted by atomic mass is 16.5. The van der Waals surface area contributed by atoms with Crippen LogP contribution in [0.4, 0.5) is 0 Å². The standard InChI is InChI=1S/C20H37N3O6/c1-15(24)11-21(12-16(2)25)7-9-23(20(5,6)19(28)29)10-8-22(13-17(3)26)14-18(4)27/h19,28-29H,7-14H2,1-6H3. The molecule has 0 radical (unpaired) electrons. The minimum absolute atomic E-state index is 0.0617. The number of hydrogen-bond donors (Lipinski definition) is 2. The van der Waals surface area contributed by atoms with E-state index in [4.69, 9.17) is 0 Å². The molecule has 9 heteroatoms. The van der Waals surface area contributed by atoms with Crippen molar-refractivity contribution in [2.24, 2.45) is 0 Å². The molecule has 0 bridgehead atoms. The molecule has 0 saturated carbocycles. The number of aliphatic hydroxyl groups excluding tert-OH is 1. The Morgan fingerprint density at radius 1 is 0.655 bits per heavy atom. The molecule has 0 heterocycles. The maximum Gasteiger partial charge on any atom is 0.169 e. The molecule has 0 spiro atoms. The molecule has 0 aliphatic heterocycles. The second-order valence-electron chi connectivity index (χ2n) is 8.24. The fourth-order valence-electron chi connectivity index (χ4n) is 3.06. The average Bonchev–Trinajstić information content (AvgIpc) is 2.51. The van der Waals surface area contributed by atoms with Crippen LogP contribution in [0.3, 0.4) is 0 Å². The number of nitrogens with zero attached hydrogens (tertiary/aromatic N) is 3. The molecule has 9 nitrogen and oxygen atoms in total.